The predicted molar refractivity (Wildman–Crippen MR) is 108 cm³/mol. The summed E-state index contributed by atoms with van der Waals surface area (Å²) in [6, 6.07) is 4.79. The van der Waals surface area contributed by atoms with Crippen LogP contribution in [-0.2, 0) is 18.9 Å². The number of ether oxygens (including phenoxy) is 4. The lowest BCUT2D eigenvalue weighted by Gasteiger charge is -2.27. The first-order valence-electron chi connectivity index (χ1n) is 8.84. The van der Waals surface area contributed by atoms with Crippen molar-refractivity contribution in [1.82, 2.24) is 5.43 Å². The van der Waals surface area contributed by atoms with Gasteiger partial charge in [0.25, 0.3) is 0 Å². The summed E-state index contributed by atoms with van der Waals surface area (Å²) in [5, 5.41) is 4.67. The molecule has 0 bridgehead atoms. The fourth-order valence-electron chi connectivity index (χ4n) is 2.40. The molecule has 0 aromatic heterocycles. The number of hydrazone groups is 1. The molecular weight excluding hydrogens is 423 g/mol. The summed E-state index contributed by atoms with van der Waals surface area (Å²) in [6.45, 7) is 8.39. The molecule has 0 saturated heterocycles. The molecule has 1 unspecified atom stereocenters. The summed E-state index contributed by atoms with van der Waals surface area (Å²) in [4.78, 5) is 24.1. The highest BCUT2D eigenvalue weighted by atomic mass is 35.5. The van der Waals surface area contributed by atoms with Crippen LogP contribution in [0.5, 0.6) is 0 Å². The minimum atomic E-state index is -0.950. The number of benzene rings is 1. The summed E-state index contributed by atoms with van der Waals surface area (Å²) >= 11 is 12.2. The van der Waals surface area contributed by atoms with E-state index in [9.17, 15) is 9.59 Å². The number of hydrogen-bond donors (Lipinski definition) is 1. The maximum Gasteiger partial charge on any atom is 0.515 e. The summed E-state index contributed by atoms with van der Waals surface area (Å²) in [5.74, 6) is -0.825. The lowest BCUT2D eigenvalue weighted by molar-refractivity contribution is 0.0491. The van der Waals surface area contributed by atoms with Gasteiger partial charge in [0, 0.05) is 0 Å². The van der Waals surface area contributed by atoms with Gasteiger partial charge in [0.1, 0.15) is 11.7 Å². The fraction of sp³-hybridized carbons (Fsp3) is 0.421. The Bertz CT molecular complexity index is 851. The van der Waals surface area contributed by atoms with Crippen LogP contribution in [0.3, 0.4) is 0 Å². The van der Waals surface area contributed by atoms with Gasteiger partial charge in [-0.15, -0.1) is 5.10 Å². The molecule has 10 heteroatoms. The Morgan fingerprint density at radius 1 is 1.00 bits per heavy atom. The van der Waals surface area contributed by atoms with Crippen molar-refractivity contribution in [2.75, 3.05) is 0 Å². The van der Waals surface area contributed by atoms with E-state index in [1.54, 1.807) is 52.8 Å². The number of allylic oxidation sites excluding steroid dienone is 1. The number of nitrogens with one attached hydrogen (secondary N) is 1. The molecule has 8 nitrogen and oxygen atoms in total. The van der Waals surface area contributed by atoms with E-state index in [1.807, 2.05) is 0 Å². The average Bonchev–Trinajstić information content (AvgIpc) is 2.59. The van der Waals surface area contributed by atoms with E-state index in [1.165, 1.54) is 0 Å². The van der Waals surface area contributed by atoms with Gasteiger partial charge in [0.05, 0.1) is 28.0 Å². The van der Waals surface area contributed by atoms with Crippen molar-refractivity contribution in [3.8, 4) is 0 Å². The van der Waals surface area contributed by atoms with Crippen molar-refractivity contribution >= 4 is 41.4 Å². The number of hydrogen-bond acceptors (Lipinski definition) is 8. The van der Waals surface area contributed by atoms with Gasteiger partial charge in [0.2, 0.25) is 5.90 Å². The number of rotatable bonds is 4. The van der Waals surface area contributed by atoms with E-state index in [4.69, 9.17) is 42.1 Å². The first-order chi connectivity index (χ1) is 13.6. The van der Waals surface area contributed by atoms with Crippen molar-refractivity contribution in [2.45, 2.75) is 52.7 Å². The molecule has 1 N–H and O–H groups in total. The molecule has 158 valence electrons. The van der Waals surface area contributed by atoms with Crippen molar-refractivity contribution < 1.29 is 28.5 Å². The van der Waals surface area contributed by atoms with Crippen molar-refractivity contribution in [1.29, 1.82) is 0 Å². The Morgan fingerprint density at radius 2 is 1.59 bits per heavy atom. The van der Waals surface area contributed by atoms with Gasteiger partial charge in [0.15, 0.2) is 0 Å². The molecule has 0 saturated carbocycles. The first-order valence-corrected chi connectivity index (χ1v) is 9.60. The minimum Gasteiger partial charge on any atom is -0.431 e. The molecule has 0 amide bonds. The van der Waals surface area contributed by atoms with Gasteiger partial charge in [-0.3, -0.25) is 5.43 Å². The Labute approximate surface area is 178 Å². The van der Waals surface area contributed by atoms with Crippen molar-refractivity contribution in [3.63, 3.8) is 0 Å². The van der Waals surface area contributed by atoms with Crippen LogP contribution in [0, 0.1) is 0 Å². The lowest BCUT2D eigenvalue weighted by atomic mass is 9.94. The van der Waals surface area contributed by atoms with Crippen molar-refractivity contribution in [2.24, 2.45) is 5.10 Å². The average molecular weight is 445 g/mol. The van der Waals surface area contributed by atoms with E-state index in [2.05, 4.69) is 10.5 Å². The minimum absolute atomic E-state index is 0.0908. The van der Waals surface area contributed by atoms with Gasteiger partial charge in [-0.2, -0.15) is 0 Å². The van der Waals surface area contributed by atoms with Gasteiger partial charge < -0.3 is 18.9 Å². The zero-order chi connectivity index (χ0) is 21.7. The number of carbonyl (C=O) groups excluding carboxylic acids is 2. The molecule has 1 heterocycles. The second-order valence-electron chi connectivity index (χ2n) is 6.69. The first kappa shape index (κ1) is 22.8. The van der Waals surface area contributed by atoms with E-state index >= 15 is 0 Å². The van der Waals surface area contributed by atoms with Gasteiger partial charge >= 0.3 is 12.3 Å². The third kappa shape index (κ3) is 6.27. The highest BCUT2D eigenvalue weighted by Gasteiger charge is 2.35. The molecular formula is C19H22Cl2N2O6. The maximum absolute atomic E-state index is 12.1. The third-order valence-corrected chi connectivity index (χ3v) is 4.27. The Kier molecular flexibility index (Phi) is 7.75. The van der Waals surface area contributed by atoms with Crippen LogP contribution in [0.15, 0.2) is 34.8 Å². The van der Waals surface area contributed by atoms with E-state index in [-0.39, 0.29) is 22.8 Å². The van der Waals surface area contributed by atoms with E-state index < -0.39 is 24.3 Å². The summed E-state index contributed by atoms with van der Waals surface area (Å²) < 4.78 is 20.7. The van der Waals surface area contributed by atoms with Crippen LogP contribution in [0.4, 0.5) is 9.59 Å². The summed E-state index contributed by atoms with van der Waals surface area (Å²) in [6.07, 6.45) is -2.63. The van der Waals surface area contributed by atoms with Crippen LogP contribution in [0.1, 0.15) is 46.1 Å². The van der Waals surface area contributed by atoms with Crippen LogP contribution < -0.4 is 5.43 Å². The lowest BCUT2D eigenvalue weighted by Crippen LogP contribution is -2.32. The van der Waals surface area contributed by atoms with Crippen molar-refractivity contribution in [3.05, 3.63) is 45.3 Å². The predicted octanol–water partition coefficient (Wildman–Crippen LogP) is 5.35. The Hall–Kier alpha value is -2.45. The SMILES string of the molecule is CC1=C(OC(=O)OC(C)C)C(c2ccc(Cl)c(Cl)c2)C(OC(=O)OC(C)C)=NN1. The molecule has 2 rings (SSSR count). The molecule has 1 aromatic rings. The second kappa shape index (κ2) is 9.84. The molecule has 1 aliphatic heterocycles. The standard InChI is InChI=1S/C19H22Cl2N2O6/c1-9(2)26-18(24)28-16-11(5)22-23-17(29-19(25)27-10(3)4)15(16)12-6-7-13(20)14(21)8-12/h6-10,15,22H,1-5H3. The smallest absolute Gasteiger partial charge is 0.431 e. The van der Waals surface area contributed by atoms with Gasteiger partial charge in [-0.1, -0.05) is 29.3 Å². The number of halogens is 2. The summed E-state index contributed by atoms with van der Waals surface area (Å²) in [7, 11) is 0. The van der Waals surface area contributed by atoms with Crippen LogP contribution in [-0.4, -0.2) is 30.4 Å². The highest BCUT2D eigenvalue weighted by molar-refractivity contribution is 6.42. The Morgan fingerprint density at radius 3 is 2.14 bits per heavy atom. The monoisotopic (exact) mass is 444 g/mol. The maximum atomic E-state index is 12.1. The third-order valence-electron chi connectivity index (χ3n) is 3.53. The molecule has 0 radical (unpaired) electrons. The normalized spacial score (nSPS) is 16.3. The van der Waals surface area contributed by atoms with E-state index in [0.29, 0.717) is 16.3 Å². The molecule has 1 aromatic carbocycles. The van der Waals surface area contributed by atoms with Crippen LogP contribution in [0.25, 0.3) is 0 Å². The molecule has 0 spiro atoms. The summed E-state index contributed by atoms with van der Waals surface area (Å²) in [5.41, 5.74) is 3.62. The molecule has 0 fully saturated rings. The largest absolute Gasteiger partial charge is 0.515 e. The Balaban J connectivity index is 2.42. The molecule has 0 aliphatic carbocycles. The number of carbonyl (C=O) groups is 2. The fourth-order valence-corrected chi connectivity index (χ4v) is 2.71. The number of nitrogens with zero attached hydrogens (tertiary/aromatic N) is 1. The van der Waals surface area contributed by atoms with Crippen LogP contribution >= 0.6 is 23.2 Å². The zero-order valence-corrected chi connectivity index (χ0v) is 18.1. The zero-order valence-electron chi connectivity index (χ0n) is 16.6. The second-order valence-corrected chi connectivity index (χ2v) is 7.51. The molecule has 29 heavy (non-hydrogen) atoms. The van der Waals surface area contributed by atoms with Crippen LogP contribution in [0.2, 0.25) is 10.0 Å². The van der Waals surface area contributed by atoms with E-state index in [0.717, 1.165) is 0 Å². The quantitative estimate of drug-likeness (QED) is 0.625. The van der Waals surface area contributed by atoms with Gasteiger partial charge in [-0.05, 0) is 52.3 Å². The topological polar surface area (TPSA) is 95.5 Å². The van der Waals surface area contributed by atoms with Gasteiger partial charge in [-0.25, -0.2) is 9.59 Å². The molecule has 1 aliphatic rings. The highest BCUT2D eigenvalue weighted by Crippen LogP contribution is 2.35. The molecule has 1 atom stereocenters.